The van der Waals surface area contributed by atoms with Crippen molar-refractivity contribution in [3.05, 3.63) is 65.7 Å². The van der Waals surface area contributed by atoms with Crippen LogP contribution in [0.5, 0.6) is 5.75 Å². The maximum atomic E-state index is 11.5. The number of carbonyl (C=O) groups is 1. The van der Waals surface area contributed by atoms with Gasteiger partial charge in [0, 0.05) is 5.92 Å². The predicted octanol–water partition coefficient (Wildman–Crippen LogP) is 0.513. The standard InChI is InChI=1S/C18H18O3.K.H2O/c19-18-12-15(10-11-20-18)16-8-4-5-9-17(16)21-13-14-6-2-1-3-7-14;;/h1-9,15H,10-13H2;;1H2/q;+1;/p-1. The molecule has 0 spiro atoms. The largest absolute Gasteiger partial charge is 1.00 e. The minimum Gasteiger partial charge on any atom is -0.870 e. The van der Waals surface area contributed by atoms with Crippen LogP contribution in [0.25, 0.3) is 0 Å². The maximum Gasteiger partial charge on any atom is 1.00 e. The molecule has 0 aliphatic carbocycles. The van der Waals surface area contributed by atoms with Gasteiger partial charge in [0.05, 0.1) is 13.0 Å². The molecule has 0 aromatic heterocycles. The molecule has 116 valence electrons. The van der Waals surface area contributed by atoms with Gasteiger partial charge in [-0.1, -0.05) is 48.5 Å². The van der Waals surface area contributed by atoms with Gasteiger partial charge in [-0.3, -0.25) is 4.79 Å². The van der Waals surface area contributed by atoms with Gasteiger partial charge in [-0.2, -0.15) is 0 Å². The van der Waals surface area contributed by atoms with Crippen LogP contribution in [0.4, 0.5) is 0 Å². The molecule has 3 rings (SSSR count). The van der Waals surface area contributed by atoms with Crippen LogP contribution >= 0.6 is 0 Å². The molecule has 4 nitrogen and oxygen atoms in total. The Morgan fingerprint density at radius 3 is 2.48 bits per heavy atom. The van der Waals surface area contributed by atoms with E-state index in [-0.39, 0.29) is 68.7 Å². The van der Waals surface area contributed by atoms with E-state index in [2.05, 4.69) is 0 Å². The molecule has 0 saturated carbocycles. The van der Waals surface area contributed by atoms with E-state index in [0.29, 0.717) is 19.6 Å². The van der Waals surface area contributed by atoms with Gasteiger partial charge in [-0.25, -0.2) is 0 Å². The first kappa shape index (κ1) is 20.4. The molecule has 1 saturated heterocycles. The van der Waals surface area contributed by atoms with E-state index in [4.69, 9.17) is 9.47 Å². The molecule has 0 amide bonds. The van der Waals surface area contributed by atoms with Crippen LogP contribution in [0.1, 0.15) is 29.9 Å². The third-order valence-corrected chi connectivity index (χ3v) is 3.74. The van der Waals surface area contributed by atoms with Crippen LogP contribution in [-0.4, -0.2) is 18.1 Å². The summed E-state index contributed by atoms with van der Waals surface area (Å²) >= 11 is 0. The predicted molar refractivity (Wildman–Crippen MR) is 82.1 cm³/mol. The molecule has 5 heteroatoms. The number of ether oxygens (including phenoxy) is 2. The van der Waals surface area contributed by atoms with Gasteiger partial charge in [0.2, 0.25) is 0 Å². The van der Waals surface area contributed by atoms with Crippen LogP contribution in [0.3, 0.4) is 0 Å². The van der Waals surface area contributed by atoms with Crippen molar-refractivity contribution in [3.8, 4) is 5.75 Å². The fourth-order valence-corrected chi connectivity index (χ4v) is 2.63. The third kappa shape index (κ3) is 5.71. The van der Waals surface area contributed by atoms with Gasteiger partial charge >= 0.3 is 57.4 Å². The van der Waals surface area contributed by atoms with E-state index >= 15 is 0 Å². The summed E-state index contributed by atoms with van der Waals surface area (Å²) in [4.78, 5) is 11.5. The van der Waals surface area contributed by atoms with Gasteiger partial charge in [0.1, 0.15) is 12.4 Å². The second-order valence-electron chi connectivity index (χ2n) is 5.22. The zero-order valence-electron chi connectivity index (χ0n) is 13.3. The molecule has 1 fully saturated rings. The van der Waals surface area contributed by atoms with E-state index in [9.17, 15) is 4.79 Å². The number of esters is 1. The molecule has 1 atom stereocenters. The molecular formula is C18H19KO4. The molecule has 1 N–H and O–H groups in total. The minimum atomic E-state index is -0.121. The van der Waals surface area contributed by atoms with Gasteiger partial charge < -0.3 is 14.9 Å². The molecule has 0 radical (unpaired) electrons. The van der Waals surface area contributed by atoms with Gasteiger partial charge in [-0.15, -0.1) is 0 Å². The summed E-state index contributed by atoms with van der Waals surface area (Å²) in [5.74, 6) is 0.934. The van der Waals surface area contributed by atoms with E-state index in [1.807, 2.05) is 54.6 Å². The van der Waals surface area contributed by atoms with Crippen molar-refractivity contribution in [2.75, 3.05) is 6.61 Å². The summed E-state index contributed by atoms with van der Waals surface area (Å²) in [5.41, 5.74) is 2.24. The average molecular weight is 338 g/mol. The minimum absolute atomic E-state index is 0. The van der Waals surface area contributed by atoms with Crippen LogP contribution in [0.2, 0.25) is 0 Å². The molecular weight excluding hydrogens is 319 g/mol. The number of hydrogen-bond donors (Lipinski definition) is 0. The van der Waals surface area contributed by atoms with Crippen molar-refractivity contribution in [1.29, 1.82) is 0 Å². The molecule has 1 unspecified atom stereocenters. The summed E-state index contributed by atoms with van der Waals surface area (Å²) in [7, 11) is 0. The topological polar surface area (TPSA) is 65.5 Å². The van der Waals surface area contributed by atoms with Crippen molar-refractivity contribution in [2.24, 2.45) is 0 Å². The Balaban J connectivity index is 0.00000132. The van der Waals surface area contributed by atoms with Crippen LogP contribution in [-0.2, 0) is 16.1 Å². The number of benzene rings is 2. The fourth-order valence-electron chi connectivity index (χ4n) is 2.63. The van der Waals surface area contributed by atoms with Crippen LogP contribution in [0.15, 0.2) is 54.6 Å². The van der Waals surface area contributed by atoms with E-state index in [1.165, 1.54) is 0 Å². The summed E-state index contributed by atoms with van der Waals surface area (Å²) in [6.45, 7) is 1.03. The first-order valence-electron chi connectivity index (χ1n) is 7.24. The number of para-hydroxylation sites is 1. The Hall–Kier alpha value is -0.694. The smallest absolute Gasteiger partial charge is 0.870 e. The Labute approximate surface area is 178 Å². The van der Waals surface area contributed by atoms with Crippen LogP contribution < -0.4 is 56.1 Å². The summed E-state index contributed by atoms with van der Waals surface area (Å²) in [6.07, 6.45) is 1.29. The van der Waals surface area contributed by atoms with Gasteiger partial charge in [0.25, 0.3) is 0 Å². The Kier molecular flexibility index (Phi) is 9.05. The van der Waals surface area contributed by atoms with Crippen molar-refractivity contribution >= 4 is 5.97 Å². The zero-order valence-corrected chi connectivity index (χ0v) is 16.4. The van der Waals surface area contributed by atoms with Gasteiger partial charge in [-0.05, 0) is 23.6 Å². The Morgan fingerprint density at radius 2 is 1.74 bits per heavy atom. The van der Waals surface area contributed by atoms with Crippen molar-refractivity contribution in [1.82, 2.24) is 0 Å². The molecule has 2 aromatic carbocycles. The number of rotatable bonds is 4. The van der Waals surface area contributed by atoms with Crippen molar-refractivity contribution in [2.45, 2.75) is 25.4 Å². The van der Waals surface area contributed by atoms with Crippen molar-refractivity contribution in [3.63, 3.8) is 0 Å². The SMILES string of the molecule is O=C1CC(c2ccccc2OCc2ccccc2)CCO1.[K+].[OH-]. The second-order valence-corrected chi connectivity index (χ2v) is 5.22. The fraction of sp³-hybridized carbons (Fsp3) is 0.278. The Bertz CT molecular complexity index is 615. The zero-order chi connectivity index (χ0) is 14.5. The molecule has 1 aliphatic rings. The average Bonchev–Trinajstić information content (AvgIpc) is 2.54. The first-order chi connectivity index (χ1) is 10.3. The van der Waals surface area contributed by atoms with E-state index in [0.717, 1.165) is 23.3 Å². The second kappa shape index (κ2) is 10.2. The molecule has 23 heavy (non-hydrogen) atoms. The Morgan fingerprint density at radius 1 is 1.04 bits per heavy atom. The molecule has 0 bridgehead atoms. The summed E-state index contributed by atoms with van der Waals surface area (Å²) in [5, 5.41) is 0. The normalized spacial score (nSPS) is 16.5. The summed E-state index contributed by atoms with van der Waals surface area (Å²) < 4.78 is 11.0. The van der Waals surface area contributed by atoms with E-state index in [1.54, 1.807) is 0 Å². The first-order valence-corrected chi connectivity index (χ1v) is 7.24. The number of carbonyl (C=O) groups excluding carboxylic acids is 1. The van der Waals surface area contributed by atoms with Crippen molar-refractivity contribution < 1.29 is 71.1 Å². The molecule has 1 aliphatic heterocycles. The van der Waals surface area contributed by atoms with E-state index < -0.39 is 0 Å². The summed E-state index contributed by atoms with van der Waals surface area (Å²) in [6, 6.07) is 18.0. The maximum absolute atomic E-state index is 11.5. The monoisotopic (exact) mass is 338 g/mol. The quantitative estimate of drug-likeness (QED) is 0.602. The van der Waals surface area contributed by atoms with Gasteiger partial charge in [0.15, 0.2) is 0 Å². The molecule has 1 heterocycles. The number of cyclic esters (lactones) is 1. The number of hydrogen-bond acceptors (Lipinski definition) is 4. The third-order valence-electron chi connectivity index (χ3n) is 3.74. The molecule has 2 aromatic rings. The van der Waals surface area contributed by atoms with Crippen LogP contribution in [0, 0.1) is 0 Å².